The predicted molar refractivity (Wildman–Crippen MR) is 79.2 cm³/mol. The summed E-state index contributed by atoms with van der Waals surface area (Å²) < 4.78 is 0. The number of thiazole rings is 1. The summed E-state index contributed by atoms with van der Waals surface area (Å²) in [6, 6.07) is 0. The van der Waals surface area contributed by atoms with Gasteiger partial charge in [-0.15, -0.1) is 11.3 Å². The number of guanidine groups is 1. The first kappa shape index (κ1) is 15.0. The van der Waals surface area contributed by atoms with Crippen LogP contribution in [0.2, 0.25) is 0 Å². The van der Waals surface area contributed by atoms with Crippen LogP contribution in [0.4, 0.5) is 0 Å². The summed E-state index contributed by atoms with van der Waals surface area (Å²) in [6.45, 7) is 10.1. The van der Waals surface area contributed by atoms with Crippen LogP contribution in [-0.4, -0.2) is 24.0 Å². The van der Waals surface area contributed by atoms with Gasteiger partial charge in [-0.05, 0) is 26.2 Å². The average molecular weight is 268 g/mol. The van der Waals surface area contributed by atoms with E-state index in [0.717, 1.165) is 36.6 Å². The molecule has 3 N–H and O–H groups in total. The van der Waals surface area contributed by atoms with Gasteiger partial charge >= 0.3 is 0 Å². The van der Waals surface area contributed by atoms with E-state index in [9.17, 15) is 0 Å². The summed E-state index contributed by atoms with van der Waals surface area (Å²) in [7, 11) is 0. The maximum Gasteiger partial charge on any atom is 0.188 e. The van der Waals surface area contributed by atoms with Gasteiger partial charge in [-0.3, -0.25) is 4.99 Å². The Balaban J connectivity index is 2.24. The van der Waals surface area contributed by atoms with Crippen LogP contribution in [-0.2, 0) is 6.42 Å². The van der Waals surface area contributed by atoms with Crippen LogP contribution in [0.15, 0.2) is 4.99 Å². The Morgan fingerprint density at radius 3 is 2.72 bits per heavy atom. The van der Waals surface area contributed by atoms with E-state index < -0.39 is 0 Å². The molecule has 1 aromatic heterocycles. The Labute approximate surface area is 114 Å². The Morgan fingerprint density at radius 2 is 2.17 bits per heavy atom. The summed E-state index contributed by atoms with van der Waals surface area (Å²) in [5.41, 5.74) is 6.91. The van der Waals surface area contributed by atoms with Crippen molar-refractivity contribution in [3.63, 3.8) is 0 Å². The van der Waals surface area contributed by atoms with Gasteiger partial charge < -0.3 is 11.1 Å². The van der Waals surface area contributed by atoms with Gasteiger partial charge in [0.2, 0.25) is 0 Å². The van der Waals surface area contributed by atoms with Crippen LogP contribution >= 0.6 is 11.3 Å². The van der Waals surface area contributed by atoms with Gasteiger partial charge in [-0.1, -0.05) is 13.8 Å². The van der Waals surface area contributed by atoms with Crippen LogP contribution < -0.4 is 11.1 Å². The van der Waals surface area contributed by atoms with E-state index in [0.29, 0.717) is 11.9 Å². The summed E-state index contributed by atoms with van der Waals surface area (Å²) in [5.74, 6) is 1.21. The summed E-state index contributed by atoms with van der Waals surface area (Å²) in [5, 5.41) is 4.29. The first-order valence-electron chi connectivity index (χ1n) is 6.45. The van der Waals surface area contributed by atoms with Crippen LogP contribution in [0.5, 0.6) is 0 Å². The van der Waals surface area contributed by atoms with Gasteiger partial charge in [-0.25, -0.2) is 4.98 Å². The van der Waals surface area contributed by atoms with E-state index in [1.54, 1.807) is 11.3 Å². The van der Waals surface area contributed by atoms with Crippen LogP contribution in [0.1, 0.15) is 35.8 Å². The van der Waals surface area contributed by atoms with Crippen molar-refractivity contribution in [3.05, 3.63) is 15.6 Å². The fourth-order valence-electron chi connectivity index (χ4n) is 1.44. The Morgan fingerprint density at radius 1 is 1.44 bits per heavy atom. The molecule has 0 aliphatic carbocycles. The minimum absolute atomic E-state index is 0.542. The topological polar surface area (TPSA) is 63.3 Å². The lowest BCUT2D eigenvalue weighted by atomic mass is 10.1. The van der Waals surface area contributed by atoms with E-state index >= 15 is 0 Å². The molecule has 18 heavy (non-hydrogen) atoms. The third kappa shape index (κ3) is 5.49. The molecule has 0 radical (unpaired) electrons. The van der Waals surface area contributed by atoms with Crippen molar-refractivity contribution < 1.29 is 0 Å². The fourth-order valence-corrected chi connectivity index (χ4v) is 2.38. The van der Waals surface area contributed by atoms with Gasteiger partial charge in [0.1, 0.15) is 0 Å². The van der Waals surface area contributed by atoms with E-state index in [1.165, 1.54) is 4.88 Å². The third-order valence-corrected chi connectivity index (χ3v) is 3.84. The third-order valence-electron chi connectivity index (χ3n) is 2.71. The first-order chi connectivity index (χ1) is 8.49. The highest BCUT2D eigenvalue weighted by atomic mass is 32.1. The zero-order chi connectivity index (χ0) is 13.5. The largest absolute Gasteiger partial charge is 0.370 e. The van der Waals surface area contributed by atoms with E-state index in [4.69, 9.17) is 5.73 Å². The highest BCUT2D eigenvalue weighted by Gasteiger charge is 2.03. The molecule has 0 fully saturated rings. The van der Waals surface area contributed by atoms with E-state index in [-0.39, 0.29) is 0 Å². The monoisotopic (exact) mass is 268 g/mol. The Hall–Kier alpha value is -1.10. The molecule has 0 aromatic carbocycles. The van der Waals surface area contributed by atoms with Crippen molar-refractivity contribution in [1.29, 1.82) is 0 Å². The van der Waals surface area contributed by atoms with Gasteiger partial charge in [0.25, 0.3) is 0 Å². The molecule has 1 heterocycles. The van der Waals surface area contributed by atoms with Crippen molar-refractivity contribution in [2.45, 2.75) is 40.5 Å². The lowest BCUT2D eigenvalue weighted by Gasteiger charge is -2.05. The SMILES string of the molecule is Cc1nc(CCNC(N)=NCCC(C)C)sc1C. The van der Waals surface area contributed by atoms with E-state index in [2.05, 4.69) is 36.1 Å². The zero-order valence-electron chi connectivity index (χ0n) is 11.8. The van der Waals surface area contributed by atoms with Crippen molar-refractivity contribution in [1.82, 2.24) is 10.3 Å². The number of aliphatic imine (C=N–C) groups is 1. The lowest BCUT2D eigenvalue weighted by Crippen LogP contribution is -2.33. The molecule has 102 valence electrons. The molecule has 0 unspecified atom stereocenters. The predicted octanol–water partition coefficient (Wildman–Crippen LogP) is 2.25. The Kier molecular flexibility index (Phi) is 6.12. The molecule has 0 aliphatic heterocycles. The zero-order valence-corrected chi connectivity index (χ0v) is 12.6. The minimum atomic E-state index is 0.542. The number of aromatic nitrogens is 1. The molecule has 5 heteroatoms. The molecule has 0 atom stereocenters. The highest BCUT2D eigenvalue weighted by Crippen LogP contribution is 2.16. The number of nitrogens with two attached hydrogens (primary N) is 1. The molecule has 0 spiro atoms. The molecule has 1 aromatic rings. The average Bonchev–Trinajstić information content (AvgIpc) is 2.57. The molecule has 0 aliphatic rings. The number of hydrogen-bond donors (Lipinski definition) is 2. The van der Waals surface area contributed by atoms with Gasteiger partial charge in [0.05, 0.1) is 10.7 Å². The molecule has 0 amide bonds. The van der Waals surface area contributed by atoms with Crippen molar-refractivity contribution in [2.24, 2.45) is 16.6 Å². The van der Waals surface area contributed by atoms with E-state index in [1.807, 2.05) is 6.92 Å². The molecular formula is C13H24N4S. The Bertz CT molecular complexity index is 376. The standard InChI is InChI=1S/C13H24N4S/c1-9(2)5-7-15-13(14)16-8-6-12-17-10(3)11(4)18-12/h9H,5-8H2,1-4H3,(H3,14,15,16). The lowest BCUT2D eigenvalue weighted by molar-refractivity contribution is 0.595. The number of aryl methyl sites for hydroxylation is 2. The highest BCUT2D eigenvalue weighted by molar-refractivity contribution is 7.11. The van der Waals surface area contributed by atoms with Crippen molar-refractivity contribution in [3.8, 4) is 0 Å². The van der Waals surface area contributed by atoms with Gasteiger partial charge in [-0.2, -0.15) is 0 Å². The molecule has 0 saturated carbocycles. The molecular weight excluding hydrogens is 244 g/mol. The second-order valence-electron chi connectivity index (χ2n) is 4.88. The molecule has 1 rings (SSSR count). The minimum Gasteiger partial charge on any atom is -0.370 e. The smallest absolute Gasteiger partial charge is 0.188 e. The number of nitrogens with one attached hydrogen (secondary N) is 1. The summed E-state index contributed by atoms with van der Waals surface area (Å²) in [4.78, 5) is 10.1. The second-order valence-corrected chi connectivity index (χ2v) is 6.16. The summed E-state index contributed by atoms with van der Waals surface area (Å²) >= 11 is 1.76. The van der Waals surface area contributed by atoms with Crippen molar-refractivity contribution in [2.75, 3.05) is 13.1 Å². The fraction of sp³-hybridized carbons (Fsp3) is 0.692. The van der Waals surface area contributed by atoms with Crippen LogP contribution in [0, 0.1) is 19.8 Å². The van der Waals surface area contributed by atoms with Crippen molar-refractivity contribution >= 4 is 17.3 Å². The number of rotatable bonds is 6. The maximum atomic E-state index is 5.78. The number of hydrogen-bond acceptors (Lipinski definition) is 3. The number of nitrogens with zero attached hydrogens (tertiary/aromatic N) is 2. The molecule has 4 nitrogen and oxygen atoms in total. The normalized spacial score (nSPS) is 12.2. The van der Waals surface area contributed by atoms with Crippen LogP contribution in [0.3, 0.4) is 0 Å². The maximum absolute atomic E-state index is 5.78. The van der Waals surface area contributed by atoms with Crippen LogP contribution in [0.25, 0.3) is 0 Å². The molecule has 0 saturated heterocycles. The molecule has 0 bridgehead atoms. The second kappa shape index (κ2) is 7.36. The summed E-state index contributed by atoms with van der Waals surface area (Å²) in [6.07, 6.45) is 1.98. The van der Waals surface area contributed by atoms with Gasteiger partial charge in [0, 0.05) is 24.4 Å². The quantitative estimate of drug-likeness (QED) is 0.614. The van der Waals surface area contributed by atoms with Gasteiger partial charge in [0.15, 0.2) is 5.96 Å². The first-order valence-corrected chi connectivity index (χ1v) is 7.27.